The number of carbonyl (C=O) groups is 3. The molecule has 30 heavy (non-hydrogen) atoms. The second-order valence-corrected chi connectivity index (χ2v) is 7.67. The summed E-state index contributed by atoms with van der Waals surface area (Å²) < 4.78 is 1.80. The van der Waals surface area contributed by atoms with Crippen LogP contribution in [-0.4, -0.2) is 72.9 Å². The van der Waals surface area contributed by atoms with Gasteiger partial charge >= 0.3 is 11.9 Å². The summed E-state index contributed by atoms with van der Waals surface area (Å²) in [5.74, 6) is -3.45. The molecule has 1 aromatic heterocycles. The van der Waals surface area contributed by atoms with Gasteiger partial charge in [0.05, 0.1) is 18.2 Å². The summed E-state index contributed by atoms with van der Waals surface area (Å²) in [4.78, 5) is 40.3. The molecule has 3 N–H and O–H groups in total. The van der Waals surface area contributed by atoms with Crippen LogP contribution in [0.15, 0.2) is 24.3 Å². The van der Waals surface area contributed by atoms with Crippen molar-refractivity contribution in [3.8, 4) is 6.07 Å². The number of nitrogens with zero attached hydrogens (tertiary/aromatic N) is 5. The number of carboxylic acids is 2. The van der Waals surface area contributed by atoms with Gasteiger partial charge in [-0.15, -0.1) is 0 Å². The van der Waals surface area contributed by atoms with Crippen LogP contribution >= 0.6 is 0 Å². The van der Waals surface area contributed by atoms with Crippen molar-refractivity contribution in [2.75, 3.05) is 13.1 Å². The third-order valence-corrected chi connectivity index (χ3v) is 5.77. The Labute approximate surface area is 173 Å². The van der Waals surface area contributed by atoms with Gasteiger partial charge in [-0.05, 0) is 31.6 Å². The summed E-state index contributed by atoms with van der Waals surface area (Å²) in [5.41, 5.74) is -0.357. The van der Waals surface area contributed by atoms with Gasteiger partial charge in [0, 0.05) is 31.1 Å². The van der Waals surface area contributed by atoms with E-state index in [-0.39, 0.29) is 37.0 Å². The Kier molecular flexibility index (Phi) is 6.79. The monoisotopic (exact) mass is 416 g/mol. The van der Waals surface area contributed by atoms with Crippen LogP contribution in [-0.2, 0) is 20.9 Å². The van der Waals surface area contributed by atoms with Gasteiger partial charge in [0.1, 0.15) is 18.7 Å². The van der Waals surface area contributed by atoms with E-state index >= 15 is 0 Å². The van der Waals surface area contributed by atoms with Crippen LogP contribution in [0.1, 0.15) is 25.7 Å². The molecule has 1 saturated heterocycles. The number of carbonyl (C=O) groups excluding carboxylic acids is 1. The minimum absolute atomic E-state index is 0.0522. The maximum absolute atomic E-state index is 12.7. The third kappa shape index (κ3) is 5.01. The first-order valence-electron chi connectivity index (χ1n) is 9.81. The Hall–Kier alpha value is -3.26. The molecular formula is C19H24N6O5. The molecule has 160 valence electrons. The maximum Gasteiger partial charge on any atom is 0.332 e. The quantitative estimate of drug-likeness (QED) is 0.490. The van der Waals surface area contributed by atoms with Crippen molar-refractivity contribution in [3.63, 3.8) is 0 Å². The molecule has 1 amide bonds. The van der Waals surface area contributed by atoms with Crippen molar-refractivity contribution in [1.82, 2.24) is 25.0 Å². The lowest BCUT2D eigenvalue weighted by molar-refractivity contribution is -0.136. The molecule has 11 nitrogen and oxygen atoms in total. The van der Waals surface area contributed by atoms with E-state index in [2.05, 4.69) is 15.4 Å². The molecular weight excluding hydrogens is 392 g/mol. The van der Waals surface area contributed by atoms with E-state index in [1.165, 1.54) is 11.2 Å². The molecule has 1 aliphatic heterocycles. The smallest absolute Gasteiger partial charge is 0.332 e. The Morgan fingerprint density at radius 2 is 2.07 bits per heavy atom. The van der Waals surface area contributed by atoms with Crippen molar-refractivity contribution in [2.45, 2.75) is 44.3 Å². The van der Waals surface area contributed by atoms with Crippen LogP contribution in [0.2, 0.25) is 0 Å². The van der Waals surface area contributed by atoms with Gasteiger partial charge in [-0.1, -0.05) is 0 Å². The average Bonchev–Trinajstić information content (AvgIpc) is 3.45. The summed E-state index contributed by atoms with van der Waals surface area (Å²) in [6, 6.07) is 1.17. The van der Waals surface area contributed by atoms with E-state index in [0.717, 1.165) is 25.8 Å². The number of aliphatic carboxylic acids is 2. The van der Waals surface area contributed by atoms with Crippen LogP contribution in [0.3, 0.4) is 0 Å². The average molecular weight is 416 g/mol. The molecule has 0 spiro atoms. The number of hydrogen-bond donors (Lipinski definition) is 3. The number of nitrogens with one attached hydrogen (secondary N) is 1. The summed E-state index contributed by atoms with van der Waals surface area (Å²) in [6.45, 7) is 1.05. The highest BCUT2D eigenvalue weighted by Gasteiger charge is 2.41. The highest BCUT2D eigenvalue weighted by Crippen LogP contribution is 2.31. The van der Waals surface area contributed by atoms with E-state index in [9.17, 15) is 24.8 Å². The number of amides is 1. The first kappa shape index (κ1) is 21.4. The van der Waals surface area contributed by atoms with Gasteiger partial charge in [-0.25, -0.2) is 14.6 Å². The zero-order valence-electron chi connectivity index (χ0n) is 16.3. The Balaban J connectivity index is 1.53. The second-order valence-electron chi connectivity index (χ2n) is 7.67. The lowest BCUT2D eigenvalue weighted by atomic mass is 9.91. The Morgan fingerprint density at radius 3 is 2.70 bits per heavy atom. The summed E-state index contributed by atoms with van der Waals surface area (Å²) in [5, 5.41) is 35.1. The van der Waals surface area contributed by atoms with E-state index in [1.54, 1.807) is 11.0 Å². The molecule has 1 aliphatic carbocycles. The largest absolute Gasteiger partial charge is 0.478 e. The minimum Gasteiger partial charge on any atom is -0.478 e. The molecule has 11 heteroatoms. The molecule has 0 aromatic carbocycles. The second kappa shape index (κ2) is 9.49. The van der Waals surface area contributed by atoms with E-state index in [0.29, 0.717) is 12.0 Å². The maximum atomic E-state index is 12.7. The fraction of sp³-hybridized carbons (Fsp3) is 0.579. The first-order chi connectivity index (χ1) is 14.4. The minimum atomic E-state index is -1.39. The van der Waals surface area contributed by atoms with E-state index in [4.69, 9.17) is 5.11 Å². The number of aromatic nitrogens is 3. The number of likely N-dealkylation sites (tertiary alicyclic amines) is 1. The van der Waals surface area contributed by atoms with Crippen LogP contribution < -0.4 is 5.32 Å². The highest BCUT2D eigenvalue weighted by atomic mass is 16.4. The zero-order valence-corrected chi connectivity index (χ0v) is 16.3. The van der Waals surface area contributed by atoms with Crippen molar-refractivity contribution >= 4 is 17.8 Å². The summed E-state index contributed by atoms with van der Waals surface area (Å²) in [6.07, 6.45) is 6.87. The van der Waals surface area contributed by atoms with Crippen LogP contribution in [0.4, 0.5) is 0 Å². The van der Waals surface area contributed by atoms with Crippen molar-refractivity contribution in [3.05, 3.63) is 24.3 Å². The van der Waals surface area contributed by atoms with Gasteiger partial charge in [0.2, 0.25) is 5.91 Å². The van der Waals surface area contributed by atoms with E-state index < -0.39 is 23.9 Å². The Bertz CT molecular complexity index is 861. The van der Waals surface area contributed by atoms with Crippen molar-refractivity contribution in [1.29, 1.82) is 5.26 Å². The normalized spacial score (nSPS) is 26.5. The van der Waals surface area contributed by atoms with Gasteiger partial charge in [0.15, 0.2) is 0 Å². The first-order valence-corrected chi connectivity index (χ1v) is 9.81. The molecule has 3 rings (SSSR count). The third-order valence-electron chi connectivity index (χ3n) is 5.77. The fourth-order valence-electron chi connectivity index (χ4n) is 4.37. The Morgan fingerprint density at radius 1 is 1.27 bits per heavy atom. The number of rotatable bonds is 8. The molecule has 1 saturated carbocycles. The van der Waals surface area contributed by atoms with Gasteiger partial charge in [-0.3, -0.25) is 9.48 Å². The van der Waals surface area contributed by atoms with Crippen LogP contribution in [0.25, 0.3) is 0 Å². The number of carboxylic acid groups (broad SMARTS) is 2. The molecule has 0 radical (unpaired) electrons. The van der Waals surface area contributed by atoms with Gasteiger partial charge in [-0.2, -0.15) is 10.4 Å². The molecule has 4 atom stereocenters. The SMILES string of the molecule is N#C[C@@H]1C(/C(=C/C(=O)O)C(=O)O)CCN1C(=O)CN[C@@H]1CC[C@H](Cn2cncn2)C1. The standard InChI is InChI=1S/C19H24N6O5/c20-7-16-14(15(19(29)30)6-18(27)28)3-4-25(16)17(26)8-22-13-2-1-12(5-13)9-24-11-21-10-23-24/h6,10-14,16,22H,1-5,8-9H2,(H,27,28)(H,29,30)/b15-6-/t12-,13+,14?,16+/m0/s1. The molecule has 1 unspecified atom stereocenters. The lowest BCUT2D eigenvalue weighted by Gasteiger charge is -2.24. The van der Waals surface area contributed by atoms with Gasteiger partial charge in [0.25, 0.3) is 0 Å². The predicted octanol–water partition coefficient (Wildman–Crippen LogP) is -0.127. The van der Waals surface area contributed by atoms with Crippen LogP contribution in [0.5, 0.6) is 0 Å². The topological polar surface area (TPSA) is 161 Å². The molecule has 2 heterocycles. The fourth-order valence-corrected chi connectivity index (χ4v) is 4.37. The predicted molar refractivity (Wildman–Crippen MR) is 102 cm³/mol. The van der Waals surface area contributed by atoms with Crippen molar-refractivity contribution < 1.29 is 24.6 Å². The van der Waals surface area contributed by atoms with Gasteiger partial charge < -0.3 is 20.4 Å². The number of nitriles is 1. The molecule has 0 bridgehead atoms. The molecule has 2 fully saturated rings. The highest BCUT2D eigenvalue weighted by molar-refractivity contribution is 5.95. The summed E-state index contributed by atoms with van der Waals surface area (Å²) >= 11 is 0. The molecule has 2 aliphatic rings. The molecule has 1 aromatic rings. The number of hydrogen-bond acceptors (Lipinski definition) is 7. The lowest BCUT2D eigenvalue weighted by Crippen LogP contribution is -2.44. The summed E-state index contributed by atoms with van der Waals surface area (Å²) in [7, 11) is 0. The zero-order chi connectivity index (χ0) is 21.7. The van der Waals surface area contributed by atoms with Crippen molar-refractivity contribution in [2.24, 2.45) is 11.8 Å². The van der Waals surface area contributed by atoms with Crippen LogP contribution in [0, 0.1) is 23.2 Å². The van der Waals surface area contributed by atoms with E-state index in [1.807, 2.05) is 6.07 Å².